The van der Waals surface area contributed by atoms with Gasteiger partial charge in [0.05, 0.1) is 23.7 Å². The van der Waals surface area contributed by atoms with Crippen molar-refractivity contribution >= 4 is 5.69 Å². The summed E-state index contributed by atoms with van der Waals surface area (Å²) >= 11 is 0. The van der Waals surface area contributed by atoms with Crippen LogP contribution in [-0.4, -0.2) is 16.6 Å². The molecule has 0 aliphatic carbocycles. The summed E-state index contributed by atoms with van der Waals surface area (Å²) in [5.41, 5.74) is 3.07. The van der Waals surface area contributed by atoms with E-state index < -0.39 is 6.10 Å². The second-order valence-electron chi connectivity index (χ2n) is 4.62. The van der Waals surface area contributed by atoms with E-state index in [4.69, 9.17) is 0 Å². The zero-order valence-electron chi connectivity index (χ0n) is 11.5. The Balaban J connectivity index is 2.13. The fraction of sp³-hybridized carbons (Fsp3) is 0.312. The van der Waals surface area contributed by atoms with Gasteiger partial charge in [-0.1, -0.05) is 30.3 Å². The molecule has 0 bridgehead atoms. The van der Waals surface area contributed by atoms with Crippen molar-refractivity contribution < 1.29 is 5.11 Å². The number of rotatable bonds is 5. The highest BCUT2D eigenvalue weighted by molar-refractivity contribution is 5.45. The van der Waals surface area contributed by atoms with E-state index >= 15 is 0 Å². The highest BCUT2D eigenvalue weighted by Crippen LogP contribution is 2.18. The van der Waals surface area contributed by atoms with Crippen molar-refractivity contribution in [2.75, 3.05) is 11.4 Å². The van der Waals surface area contributed by atoms with Gasteiger partial charge in [-0.3, -0.25) is 4.98 Å². The van der Waals surface area contributed by atoms with Gasteiger partial charge in [-0.05, 0) is 31.5 Å². The first-order chi connectivity index (χ1) is 9.20. The molecule has 1 aromatic heterocycles. The van der Waals surface area contributed by atoms with Gasteiger partial charge in [0.15, 0.2) is 0 Å². The number of benzene rings is 1. The van der Waals surface area contributed by atoms with Gasteiger partial charge in [0.1, 0.15) is 0 Å². The molecule has 3 nitrogen and oxygen atoms in total. The Kier molecular flexibility index (Phi) is 4.53. The number of nitrogens with zero attached hydrogens (tertiary/aromatic N) is 2. The molecule has 3 heteroatoms. The Bertz CT molecular complexity index is 494. The fourth-order valence-corrected chi connectivity index (χ4v) is 2.02. The molecule has 0 fully saturated rings. The van der Waals surface area contributed by atoms with Crippen molar-refractivity contribution in [2.45, 2.75) is 26.5 Å². The summed E-state index contributed by atoms with van der Waals surface area (Å²) in [4.78, 5) is 6.56. The third kappa shape index (κ3) is 3.55. The monoisotopic (exact) mass is 256 g/mol. The van der Waals surface area contributed by atoms with Crippen molar-refractivity contribution in [3.8, 4) is 0 Å². The summed E-state index contributed by atoms with van der Waals surface area (Å²) in [6.07, 6.45) is 1.31. The second kappa shape index (κ2) is 6.34. The number of aliphatic hydroxyl groups is 1. The van der Waals surface area contributed by atoms with Gasteiger partial charge in [-0.2, -0.15) is 0 Å². The lowest BCUT2D eigenvalue weighted by Gasteiger charge is -2.23. The third-order valence-corrected chi connectivity index (χ3v) is 3.16. The Morgan fingerprint density at radius 2 is 1.89 bits per heavy atom. The van der Waals surface area contributed by atoms with Crippen LogP contribution >= 0.6 is 0 Å². The van der Waals surface area contributed by atoms with Crippen LogP contribution in [0.2, 0.25) is 0 Å². The second-order valence-corrected chi connectivity index (χ2v) is 4.62. The summed E-state index contributed by atoms with van der Waals surface area (Å²) in [7, 11) is 0. The lowest BCUT2D eigenvalue weighted by atomic mass is 10.2. The first-order valence-electron chi connectivity index (χ1n) is 6.63. The molecule has 2 rings (SSSR count). The zero-order valence-corrected chi connectivity index (χ0v) is 11.5. The van der Waals surface area contributed by atoms with E-state index in [2.05, 4.69) is 41.1 Å². The molecule has 0 unspecified atom stereocenters. The van der Waals surface area contributed by atoms with E-state index in [1.165, 1.54) is 5.56 Å². The van der Waals surface area contributed by atoms with Crippen molar-refractivity contribution in [1.82, 2.24) is 4.98 Å². The summed E-state index contributed by atoms with van der Waals surface area (Å²) in [5, 5.41) is 9.47. The molecule has 1 N–H and O–H groups in total. The van der Waals surface area contributed by atoms with Crippen LogP contribution in [0, 0.1) is 0 Å². The third-order valence-electron chi connectivity index (χ3n) is 3.16. The average molecular weight is 256 g/mol. The minimum absolute atomic E-state index is 0.516. The van der Waals surface area contributed by atoms with Crippen molar-refractivity contribution in [3.05, 3.63) is 59.9 Å². The standard InChI is InChI=1S/C16H20N2O/c1-3-18(12-14-7-5-4-6-8-14)15-9-10-16(13(2)19)17-11-15/h4-11,13,19H,3,12H2,1-2H3/t13-/m1/s1. The highest BCUT2D eigenvalue weighted by Gasteiger charge is 2.07. The summed E-state index contributed by atoms with van der Waals surface area (Å²) in [6.45, 7) is 5.65. The number of aliphatic hydroxyl groups excluding tert-OH is 1. The van der Waals surface area contributed by atoms with Crippen molar-refractivity contribution in [1.29, 1.82) is 0 Å². The summed E-state index contributed by atoms with van der Waals surface area (Å²) < 4.78 is 0. The predicted molar refractivity (Wildman–Crippen MR) is 78.0 cm³/mol. The van der Waals surface area contributed by atoms with E-state index in [1.807, 2.05) is 24.4 Å². The van der Waals surface area contributed by atoms with Crippen LogP contribution in [0.3, 0.4) is 0 Å². The van der Waals surface area contributed by atoms with Crippen LogP contribution in [0.15, 0.2) is 48.7 Å². The Hall–Kier alpha value is -1.87. The molecule has 2 aromatic rings. The molecule has 0 saturated heterocycles. The minimum atomic E-state index is -0.516. The molecule has 0 radical (unpaired) electrons. The molecular formula is C16H20N2O. The molecule has 100 valence electrons. The smallest absolute Gasteiger partial charge is 0.0931 e. The normalized spacial score (nSPS) is 12.2. The molecule has 0 amide bonds. The number of hydrogen-bond donors (Lipinski definition) is 1. The maximum atomic E-state index is 9.47. The molecular weight excluding hydrogens is 236 g/mol. The van der Waals surface area contributed by atoms with E-state index in [-0.39, 0.29) is 0 Å². The summed E-state index contributed by atoms with van der Waals surface area (Å²) in [6, 6.07) is 14.3. The first kappa shape index (κ1) is 13.6. The number of anilines is 1. The van der Waals surface area contributed by atoms with Crippen molar-refractivity contribution in [2.24, 2.45) is 0 Å². The Morgan fingerprint density at radius 3 is 2.42 bits per heavy atom. The molecule has 1 atom stereocenters. The van der Waals surface area contributed by atoms with Gasteiger partial charge < -0.3 is 10.0 Å². The van der Waals surface area contributed by atoms with Crippen LogP contribution in [0.4, 0.5) is 5.69 Å². The fourth-order valence-electron chi connectivity index (χ4n) is 2.02. The molecule has 0 aliphatic rings. The first-order valence-corrected chi connectivity index (χ1v) is 6.63. The van der Waals surface area contributed by atoms with Crippen LogP contribution < -0.4 is 4.90 Å². The molecule has 0 spiro atoms. The Morgan fingerprint density at radius 1 is 1.16 bits per heavy atom. The zero-order chi connectivity index (χ0) is 13.7. The number of hydrogen-bond acceptors (Lipinski definition) is 3. The SMILES string of the molecule is CCN(Cc1ccccc1)c1ccc([C@@H](C)O)nc1. The van der Waals surface area contributed by atoms with E-state index in [0.29, 0.717) is 5.69 Å². The van der Waals surface area contributed by atoms with E-state index in [1.54, 1.807) is 6.92 Å². The average Bonchev–Trinajstić information content (AvgIpc) is 2.46. The van der Waals surface area contributed by atoms with Crippen LogP contribution in [0.25, 0.3) is 0 Å². The highest BCUT2D eigenvalue weighted by atomic mass is 16.3. The summed E-state index contributed by atoms with van der Waals surface area (Å²) in [5.74, 6) is 0. The van der Waals surface area contributed by atoms with Crippen LogP contribution in [0.1, 0.15) is 31.2 Å². The van der Waals surface area contributed by atoms with Gasteiger partial charge in [0, 0.05) is 13.1 Å². The quantitative estimate of drug-likeness (QED) is 0.892. The number of pyridine rings is 1. The lowest BCUT2D eigenvalue weighted by molar-refractivity contribution is 0.194. The largest absolute Gasteiger partial charge is 0.387 e. The van der Waals surface area contributed by atoms with Gasteiger partial charge in [0.2, 0.25) is 0 Å². The van der Waals surface area contributed by atoms with E-state index in [9.17, 15) is 5.11 Å². The van der Waals surface area contributed by atoms with Crippen LogP contribution in [0.5, 0.6) is 0 Å². The molecule has 0 saturated carbocycles. The van der Waals surface area contributed by atoms with Gasteiger partial charge in [-0.15, -0.1) is 0 Å². The maximum absolute atomic E-state index is 9.47. The van der Waals surface area contributed by atoms with E-state index in [0.717, 1.165) is 18.8 Å². The van der Waals surface area contributed by atoms with Crippen LogP contribution in [-0.2, 0) is 6.54 Å². The van der Waals surface area contributed by atoms with Gasteiger partial charge >= 0.3 is 0 Å². The maximum Gasteiger partial charge on any atom is 0.0931 e. The number of aromatic nitrogens is 1. The molecule has 1 heterocycles. The minimum Gasteiger partial charge on any atom is -0.387 e. The van der Waals surface area contributed by atoms with Gasteiger partial charge in [0.25, 0.3) is 0 Å². The topological polar surface area (TPSA) is 36.4 Å². The molecule has 0 aliphatic heterocycles. The van der Waals surface area contributed by atoms with Crippen molar-refractivity contribution in [3.63, 3.8) is 0 Å². The lowest BCUT2D eigenvalue weighted by Crippen LogP contribution is -2.22. The van der Waals surface area contributed by atoms with Gasteiger partial charge in [-0.25, -0.2) is 0 Å². The molecule has 1 aromatic carbocycles. The predicted octanol–water partition coefficient (Wildman–Crippen LogP) is 3.16. The Labute approximate surface area is 114 Å². The molecule has 19 heavy (non-hydrogen) atoms.